The summed E-state index contributed by atoms with van der Waals surface area (Å²) in [6.45, 7) is 0. The Morgan fingerprint density at radius 1 is 1.22 bits per heavy atom. The van der Waals surface area contributed by atoms with E-state index in [1.165, 1.54) is 0 Å². The van der Waals surface area contributed by atoms with Crippen molar-refractivity contribution in [2.45, 2.75) is 4.90 Å². The van der Waals surface area contributed by atoms with Gasteiger partial charge in [-0.3, -0.25) is 9.71 Å². The molecular formula is C11H8BrFN2O2S. The normalized spacial score (nSPS) is 11.2. The van der Waals surface area contributed by atoms with E-state index in [1.54, 1.807) is 24.3 Å². The third kappa shape index (κ3) is 3.05. The van der Waals surface area contributed by atoms with Gasteiger partial charge in [0.15, 0.2) is 0 Å². The van der Waals surface area contributed by atoms with Crippen molar-refractivity contribution >= 4 is 31.6 Å². The molecule has 0 aliphatic rings. The lowest BCUT2D eigenvalue weighted by Gasteiger charge is -2.07. The van der Waals surface area contributed by atoms with Gasteiger partial charge in [-0.25, -0.2) is 12.8 Å². The molecule has 0 amide bonds. The SMILES string of the molecule is O=S(=O)(Nc1cccc(Br)c1)c1cncc(F)c1. The molecule has 18 heavy (non-hydrogen) atoms. The first-order valence-corrected chi connectivity index (χ1v) is 7.14. The van der Waals surface area contributed by atoms with Gasteiger partial charge in [0.2, 0.25) is 0 Å². The van der Waals surface area contributed by atoms with Crippen LogP contribution in [0.25, 0.3) is 0 Å². The third-order valence-corrected chi connectivity index (χ3v) is 3.91. The van der Waals surface area contributed by atoms with Crippen LogP contribution < -0.4 is 4.72 Å². The number of benzene rings is 1. The molecule has 94 valence electrons. The fraction of sp³-hybridized carbons (Fsp3) is 0. The van der Waals surface area contributed by atoms with Crippen LogP contribution in [-0.4, -0.2) is 13.4 Å². The Kier molecular flexibility index (Phi) is 3.63. The van der Waals surface area contributed by atoms with Crippen LogP contribution in [0.5, 0.6) is 0 Å². The number of aromatic nitrogens is 1. The van der Waals surface area contributed by atoms with Gasteiger partial charge in [-0.1, -0.05) is 22.0 Å². The lowest BCUT2D eigenvalue weighted by atomic mass is 10.3. The van der Waals surface area contributed by atoms with E-state index in [1.807, 2.05) is 0 Å². The first kappa shape index (κ1) is 13.0. The lowest BCUT2D eigenvalue weighted by molar-refractivity contribution is 0.592. The molecule has 7 heteroatoms. The van der Waals surface area contributed by atoms with Gasteiger partial charge < -0.3 is 0 Å². The summed E-state index contributed by atoms with van der Waals surface area (Å²) in [6, 6.07) is 7.56. The van der Waals surface area contributed by atoms with Crippen LogP contribution in [0.15, 0.2) is 52.1 Å². The average Bonchev–Trinajstić information content (AvgIpc) is 2.28. The topological polar surface area (TPSA) is 59.1 Å². The standard InChI is InChI=1S/C11H8BrFN2O2S/c12-8-2-1-3-10(4-8)15-18(16,17)11-5-9(13)6-14-7-11/h1-7,15H. The maximum atomic E-state index is 12.9. The van der Waals surface area contributed by atoms with E-state index in [2.05, 4.69) is 25.6 Å². The second-order valence-electron chi connectivity index (χ2n) is 3.45. The summed E-state index contributed by atoms with van der Waals surface area (Å²) in [5.41, 5.74) is 0.383. The minimum atomic E-state index is -3.83. The number of halogens is 2. The highest BCUT2D eigenvalue weighted by Crippen LogP contribution is 2.19. The molecule has 0 aliphatic heterocycles. The average molecular weight is 331 g/mol. The molecule has 1 heterocycles. The summed E-state index contributed by atoms with van der Waals surface area (Å²) >= 11 is 3.23. The second-order valence-corrected chi connectivity index (χ2v) is 6.05. The minimum absolute atomic E-state index is 0.220. The zero-order valence-electron chi connectivity index (χ0n) is 8.97. The Bertz CT molecular complexity index is 676. The van der Waals surface area contributed by atoms with Gasteiger partial charge in [0.1, 0.15) is 10.7 Å². The molecule has 1 aromatic heterocycles. The Hall–Kier alpha value is -1.47. The van der Waals surface area contributed by atoms with Crippen LogP contribution in [0, 0.1) is 5.82 Å². The van der Waals surface area contributed by atoms with Gasteiger partial charge in [-0.05, 0) is 24.3 Å². The van der Waals surface area contributed by atoms with E-state index >= 15 is 0 Å². The largest absolute Gasteiger partial charge is 0.280 e. The quantitative estimate of drug-likeness (QED) is 0.941. The molecule has 0 fully saturated rings. The van der Waals surface area contributed by atoms with Crippen molar-refractivity contribution in [1.82, 2.24) is 4.98 Å². The van der Waals surface area contributed by atoms with Crippen LogP contribution in [0.4, 0.5) is 10.1 Å². The molecule has 0 unspecified atom stereocenters. The molecule has 2 rings (SSSR count). The molecule has 1 N–H and O–H groups in total. The predicted molar refractivity (Wildman–Crippen MR) is 69.1 cm³/mol. The number of anilines is 1. The zero-order valence-corrected chi connectivity index (χ0v) is 11.4. The van der Waals surface area contributed by atoms with Crippen molar-refractivity contribution in [3.63, 3.8) is 0 Å². The molecule has 0 atom stereocenters. The smallest absolute Gasteiger partial charge is 0.263 e. The first-order valence-electron chi connectivity index (χ1n) is 4.86. The number of hydrogen-bond acceptors (Lipinski definition) is 3. The highest BCUT2D eigenvalue weighted by molar-refractivity contribution is 9.10. The van der Waals surface area contributed by atoms with E-state index in [0.717, 1.165) is 22.9 Å². The highest BCUT2D eigenvalue weighted by atomic mass is 79.9. The van der Waals surface area contributed by atoms with E-state index < -0.39 is 15.8 Å². The Labute approximate surface area is 112 Å². The van der Waals surface area contributed by atoms with Crippen LogP contribution in [0.2, 0.25) is 0 Å². The molecule has 4 nitrogen and oxygen atoms in total. The van der Waals surface area contributed by atoms with Gasteiger partial charge in [-0.15, -0.1) is 0 Å². The molecular weight excluding hydrogens is 323 g/mol. The Morgan fingerprint density at radius 2 is 2.00 bits per heavy atom. The Balaban J connectivity index is 2.33. The maximum absolute atomic E-state index is 12.9. The molecule has 0 saturated heterocycles. The number of nitrogens with zero attached hydrogens (tertiary/aromatic N) is 1. The third-order valence-electron chi connectivity index (χ3n) is 2.07. The fourth-order valence-electron chi connectivity index (χ4n) is 1.31. The monoisotopic (exact) mass is 330 g/mol. The van der Waals surface area contributed by atoms with Crippen molar-refractivity contribution in [3.8, 4) is 0 Å². The molecule has 0 saturated carbocycles. The first-order chi connectivity index (χ1) is 8.47. The van der Waals surface area contributed by atoms with E-state index in [4.69, 9.17) is 0 Å². The van der Waals surface area contributed by atoms with Crippen molar-refractivity contribution in [3.05, 3.63) is 53.0 Å². The summed E-state index contributed by atoms with van der Waals surface area (Å²) < 4.78 is 39.9. The van der Waals surface area contributed by atoms with Gasteiger partial charge in [0.25, 0.3) is 10.0 Å². The summed E-state index contributed by atoms with van der Waals surface area (Å²) in [5, 5.41) is 0. The number of pyridine rings is 1. The Morgan fingerprint density at radius 3 is 2.67 bits per heavy atom. The van der Waals surface area contributed by atoms with Gasteiger partial charge in [0, 0.05) is 16.4 Å². The highest BCUT2D eigenvalue weighted by Gasteiger charge is 2.15. The zero-order chi connectivity index (χ0) is 13.2. The number of hydrogen-bond donors (Lipinski definition) is 1. The van der Waals surface area contributed by atoms with Crippen molar-refractivity contribution < 1.29 is 12.8 Å². The van der Waals surface area contributed by atoms with Crippen molar-refractivity contribution in [1.29, 1.82) is 0 Å². The van der Waals surface area contributed by atoms with Gasteiger partial charge in [-0.2, -0.15) is 0 Å². The van der Waals surface area contributed by atoms with E-state index in [9.17, 15) is 12.8 Å². The van der Waals surface area contributed by atoms with E-state index in [-0.39, 0.29) is 4.90 Å². The molecule has 0 spiro atoms. The molecule has 2 aromatic rings. The molecule has 0 aliphatic carbocycles. The van der Waals surface area contributed by atoms with Gasteiger partial charge in [0.05, 0.1) is 6.20 Å². The van der Waals surface area contributed by atoms with Crippen LogP contribution in [0.3, 0.4) is 0 Å². The summed E-state index contributed by atoms with van der Waals surface area (Å²) in [4.78, 5) is 3.29. The molecule has 0 radical (unpaired) electrons. The predicted octanol–water partition coefficient (Wildman–Crippen LogP) is 2.78. The number of rotatable bonds is 3. The van der Waals surface area contributed by atoms with Crippen molar-refractivity contribution in [2.24, 2.45) is 0 Å². The second kappa shape index (κ2) is 5.03. The summed E-state index contributed by atoms with van der Waals surface area (Å²) in [5.74, 6) is -0.702. The number of sulfonamides is 1. The van der Waals surface area contributed by atoms with Crippen LogP contribution in [0.1, 0.15) is 0 Å². The van der Waals surface area contributed by atoms with E-state index in [0.29, 0.717) is 5.69 Å². The van der Waals surface area contributed by atoms with Crippen LogP contribution >= 0.6 is 15.9 Å². The summed E-state index contributed by atoms with van der Waals surface area (Å²) in [6.07, 6.45) is 2.03. The lowest BCUT2D eigenvalue weighted by Crippen LogP contribution is -2.13. The minimum Gasteiger partial charge on any atom is -0.280 e. The molecule has 1 aromatic carbocycles. The maximum Gasteiger partial charge on any atom is 0.263 e. The van der Waals surface area contributed by atoms with Gasteiger partial charge >= 0.3 is 0 Å². The summed E-state index contributed by atoms with van der Waals surface area (Å²) in [7, 11) is -3.83. The van der Waals surface area contributed by atoms with Crippen LogP contribution in [-0.2, 0) is 10.0 Å². The fourth-order valence-corrected chi connectivity index (χ4v) is 2.73. The van der Waals surface area contributed by atoms with Crippen molar-refractivity contribution in [2.75, 3.05) is 4.72 Å². The number of nitrogens with one attached hydrogen (secondary N) is 1. The molecule has 0 bridgehead atoms.